The Bertz CT molecular complexity index is 412. The highest BCUT2D eigenvalue weighted by Crippen LogP contribution is 2.40. The largest absolute Gasteiger partial charge is 0.373 e. The molecule has 18 heavy (non-hydrogen) atoms. The second-order valence-electron chi connectivity index (χ2n) is 6.16. The van der Waals surface area contributed by atoms with E-state index in [-0.39, 0.29) is 0 Å². The first-order valence-electron chi connectivity index (χ1n) is 7.35. The third-order valence-corrected chi connectivity index (χ3v) is 4.96. The van der Waals surface area contributed by atoms with Crippen molar-refractivity contribution in [3.05, 3.63) is 35.9 Å². The molecule has 2 saturated heterocycles. The van der Waals surface area contributed by atoms with Gasteiger partial charge in [-0.3, -0.25) is 0 Å². The lowest BCUT2D eigenvalue weighted by atomic mass is 9.75. The summed E-state index contributed by atoms with van der Waals surface area (Å²) >= 11 is 0. The molecule has 1 aliphatic carbocycles. The van der Waals surface area contributed by atoms with Gasteiger partial charge >= 0.3 is 0 Å². The number of benzene rings is 1. The fourth-order valence-corrected chi connectivity index (χ4v) is 3.87. The molecule has 3 atom stereocenters. The van der Waals surface area contributed by atoms with Crippen molar-refractivity contribution < 1.29 is 4.74 Å². The molecule has 1 aromatic rings. The molecule has 3 aliphatic rings. The quantitative estimate of drug-likeness (QED) is 0.881. The van der Waals surface area contributed by atoms with Crippen LogP contribution in [-0.2, 0) is 4.74 Å². The van der Waals surface area contributed by atoms with Gasteiger partial charge in [-0.15, -0.1) is 0 Å². The molecule has 3 unspecified atom stereocenters. The third kappa shape index (κ3) is 1.88. The van der Waals surface area contributed by atoms with Gasteiger partial charge in [0.15, 0.2) is 0 Å². The molecule has 0 aromatic heterocycles. The summed E-state index contributed by atoms with van der Waals surface area (Å²) in [6, 6.07) is 12.3. The standard InChI is InChI=1S/C16H21NO/c1-2-4-11(5-3-1)12-8-13(9-12)17-15-10-14-6-7-16(15)18-14/h1-5,12-17H,6-10H2. The van der Waals surface area contributed by atoms with E-state index in [1.54, 1.807) is 0 Å². The van der Waals surface area contributed by atoms with E-state index in [1.165, 1.54) is 37.7 Å². The molecule has 96 valence electrons. The van der Waals surface area contributed by atoms with Crippen molar-refractivity contribution in [3.63, 3.8) is 0 Å². The van der Waals surface area contributed by atoms with Crippen LogP contribution in [-0.4, -0.2) is 24.3 Å². The number of rotatable bonds is 3. The van der Waals surface area contributed by atoms with Gasteiger partial charge < -0.3 is 10.1 Å². The van der Waals surface area contributed by atoms with Gasteiger partial charge in [0.25, 0.3) is 0 Å². The summed E-state index contributed by atoms with van der Waals surface area (Å²) in [5, 5.41) is 3.82. The average Bonchev–Trinajstić information content (AvgIpc) is 2.96. The van der Waals surface area contributed by atoms with E-state index in [9.17, 15) is 0 Å². The Labute approximate surface area is 109 Å². The summed E-state index contributed by atoms with van der Waals surface area (Å²) in [6.07, 6.45) is 7.51. The zero-order valence-electron chi connectivity index (χ0n) is 10.7. The molecule has 3 fully saturated rings. The van der Waals surface area contributed by atoms with Crippen molar-refractivity contribution in [1.29, 1.82) is 0 Å². The van der Waals surface area contributed by atoms with Crippen LogP contribution in [0.4, 0.5) is 0 Å². The Morgan fingerprint density at radius 2 is 1.83 bits per heavy atom. The van der Waals surface area contributed by atoms with Crippen LogP contribution in [0.3, 0.4) is 0 Å². The van der Waals surface area contributed by atoms with Gasteiger partial charge in [-0.2, -0.15) is 0 Å². The smallest absolute Gasteiger partial charge is 0.0733 e. The van der Waals surface area contributed by atoms with Gasteiger partial charge in [0.2, 0.25) is 0 Å². The van der Waals surface area contributed by atoms with E-state index in [0.717, 1.165) is 12.0 Å². The van der Waals surface area contributed by atoms with Gasteiger partial charge in [0, 0.05) is 12.1 Å². The van der Waals surface area contributed by atoms with Gasteiger partial charge in [-0.1, -0.05) is 30.3 Å². The molecular weight excluding hydrogens is 222 g/mol. The van der Waals surface area contributed by atoms with Crippen LogP contribution >= 0.6 is 0 Å². The van der Waals surface area contributed by atoms with Crippen LogP contribution < -0.4 is 5.32 Å². The molecule has 1 aromatic carbocycles. The maximum Gasteiger partial charge on any atom is 0.0733 e. The van der Waals surface area contributed by atoms with Crippen LogP contribution in [0.5, 0.6) is 0 Å². The molecule has 2 nitrogen and oxygen atoms in total. The molecule has 0 spiro atoms. The first kappa shape index (κ1) is 11.0. The minimum atomic E-state index is 0.519. The zero-order valence-corrected chi connectivity index (χ0v) is 10.7. The molecule has 2 heteroatoms. The van der Waals surface area contributed by atoms with Crippen molar-refractivity contribution in [3.8, 4) is 0 Å². The Morgan fingerprint density at radius 1 is 1.00 bits per heavy atom. The minimum Gasteiger partial charge on any atom is -0.373 e. The summed E-state index contributed by atoms with van der Waals surface area (Å²) in [6.45, 7) is 0. The number of hydrogen-bond donors (Lipinski definition) is 1. The Morgan fingerprint density at radius 3 is 2.50 bits per heavy atom. The van der Waals surface area contributed by atoms with Crippen molar-refractivity contribution >= 4 is 0 Å². The van der Waals surface area contributed by atoms with Crippen LogP contribution in [0.25, 0.3) is 0 Å². The normalized spacial score (nSPS) is 41.9. The lowest BCUT2D eigenvalue weighted by Gasteiger charge is -2.39. The fraction of sp³-hybridized carbons (Fsp3) is 0.625. The summed E-state index contributed by atoms with van der Waals surface area (Å²) < 4.78 is 5.90. The highest BCUT2D eigenvalue weighted by atomic mass is 16.5. The van der Waals surface area contributed by atoms with E-state index in [4.69, 9.17) is 4.74 Å². The highest BCUT2D eigenvalue weighted by Gasteiger charge is 2.43. The molecular formula is C16H21NO. The summed E-state index contributed by atoms with van der Waals surface area (Å²) in [5.41, 5.74) is 1.51. The Balaban J connectivity index is 1.30. The lowest BCUT2D eigenvalue weighted by molar-refractivity contribution is 0.0931. The van der Waals surface area contributed by atoms with Crippen molar-refractivity contribution in [2.75, 3.05) is 0 Å². The molecule has 4 rings (SSSR count). The van der Waals surface area contributed by atoms with E-state index in [1.807, 2.05) is 0 Å². The minimum absolute atomic E-state index is 0.519. The predicted molar refractivity (Wildman–Crippen MR) is 71.6 cm³/mol. The summed E-state index contributed by atoms with van der Waals surface area (Å²) in [4.78, 5) is 0. The van der Waals surface area contributed by atoms with E-state index < -0.39 is 0 Å². The number of ether oxygens (including phenoxy) is 1. The average molecular weight is 243 g/mol. The SMILES string of the molecule is c1ccc(C2CC(NC3CC4CCC3O4)C2)cc1. The predicted octanol–water partition coefficient (Wildman–Crippen LogP) is 2.84. The molecule has 2 bridgehead atoms. The first-order valence-corrected chi connectivity index (χ1v) is 7.35. The first-order chi connectivity index (χ1) is 8.88. The molecule has 2 heterocycles. The van der Waals surface area contributed by atoms with Gasteiger partial charge in [0.05, 0.1) is 12.2 Å². The van der Waals surface area contributed by atoms with Crippen LogP contribution in [0.15, 0.2) is 30.3 Å². The monoisotopic (exact) mass is 243 g/mol. The van der Waals surface area contributed by atoms with E-state index >= 15 is 0 Å². The number of fused-ring (bicyclic) bond motifs is 2. The van der Waals surface area contributed by atoms with Gasteiger partial charge in [-0.05, 0) is 43.6 Å². The lowest BCUT2D eigenvalue weighted by Crippen LogP contribution is -2.49. The molecule has 2 aliphatic heterocycles. The van der Waals surface area contributed by atoms with E-state index in [2.05, 4.69) is 35.6 Å². The Hall–Kier alpha value is -0.860. The Kier molecular flexibility index (Phi) is 2.66. The fourth-order valence-electron chi connectivity index (χ4n) is 3.87. The maximum atomic E-state index is 5.90. The van der Waals surface area contributed by atoms with Gasteiger partial charge in [0.1, 0.15) is 0 Å². The summed E-state index contributed by atoms with van der Waals surface area (Å²) in [7, 11) is 0. The van der Waals surface area contributed by atoms with Crippen LogP contribution in [0, 0.1) is 0 Å². The van der Waals surface area contributed by atoms with Gasteiger partial charge in [-0.25, -0.2) is 0 Å². The maximum absolute atomic E-state index is 5.90. The van der Waals surface area contributed by atoms with Crippen LogP contribution in [0.1, 0.15) is 43.6 Å². The molecule has 1 N–H and O–H groups in total. The zero-order chi connectivity index (χ0) is 11.9. The third-order valence-electron chi connectivity index (χ3n) is 4.96. The topological polar surface area (TPSA) is 21.3 Å². The summed E-state index contributed by atoms with van der Waals surface area (Å²) in [5.74, 6) is 0.781. The molecule has 1 saturated carbocycles. The van der Waals surface area contributed by atoms with Crippen molar-refractivity contribution in [2.24, 2.45) is 0 Å². The second-order valence-corrected chi connectivity index (χ2v) is 6.16. The van der Waals surface area contributed by atoms with Crippen molar-refractivity contribution in [1.82, 2.24) is 5.32 Å². The van der Waals surface area contributed by atoms with Crippen LogP contribution in [0.2, 0.25) is 0 Å². The van der Waals surface area contributed by atoms with E-state index in [0.29, 0.717) is 18.2 Å². The second kappa shape index (κ2) is 4.36. The number of hydrogen-bond acceptors (Lipinski definition) is 2. The molecule has 0 amide bonds. The molecule has 0 radical (unpaired) electrons. The van der Waals surface area contributed by atoms with Crippen molar-refractivity contribution in [2.45, 2.75) is 62.3 Å². The number of nitrogens with one attached hydrogen (secondary N) is 1. The highest BCUT2D eigenvalue weighted by molar-refractivity contribution is 5.22.